The second kappa shape index (κ2) is 4.44. The molecule has 0 atom stereocenters. The average molecular weight is 276 g/mol. The number of carbonyl (C=O) groups excluding carboxylic acids is 1. The third-order valence-corrected chi connectivity index (χ3v) is 2.98. The van der Waals surface area contributed by atoms with Crippen molar-refractivity contribution < 1.29 is 9.18 Å². The second-order valence-electron chi connectivity index (χ2n) is 3.92. The first kappa shape index (κ1) is 11.8. The van der Waals surface area contributed by atoms with Crippen LogP contribution in [0.2, 0.25) is 5.02 Å². The highest BCUT2D eigenvalue weighted by atomic mass is 35.5. The zero-order valence-electron chi connectivity index (χ0n) is 9.55. The number of halogens is 2. The van der Waals surface area contributed by atoms with E-state index in [1.165, 1.54) is 29.0 Å². The maximum Gasteiger partial charge on any atom is 0.199 e. The lowest BCUT2D eigenvalue weighted by Gasteiger charge is -2.01. The molecular weight excluding hydrogens is 269 g/mol. The van der Waals surface area contributed by atoms with Crippen LogP contribution in [0.25, 0.3) is 5.52 Å². The molecule has 4 nitrogen and oxygen atoms in total. The van der Waals surface area contributed by atoms with Gasteiger partial charge in [-0.25, -0.2) is 8.91 Å². The molecule has 0 aliphatic carbocycles. The number of rotatable bonds is 2. The topological polar surface area (TPSA) is 47.3 Å². The number of carbonyl (C=O) groups is 1. The summed E-state index contributed by atoms with van der Waals surface area (Å²) in [6, 6.07) is 3.94. The van der Waals surface area contributed by atoms with Gasteiger partial charge in [0.2, 0.25) is 0 Å². The molecule has 2 heterocycles. The Morgan fingerprint density at radius 3 is 2.89 bits per heavy atom. The first-order valence-corrected chi connectivity index (χ1v) is 5.82. The van der Waals surface area contributed by atoms with E-state index in [-0.39, 0.29) is 10.6 Å². The number of aromatic nitrogens is 3. The van der Waals surface area contributed by atoms with Crippen molar-refractivity contribution in [3.05, 3.63) is 65.0 Å². The molecule has 1 aromatic carbocycles. The maximum absolute atomic E-state index is 13.7. The van der Waals surface area contributed by atoms with Gasteiger partial charge in [0.25, 0.3) is 0 Å². The lowest BCUT2D eigenvalue weighted by molar-refractivity contribution is 0.103. The van der Waals surface area contributed by atoms with Gasteiger partial charge in [0.15, 0.2) is 5.78 Å². The lowest BCUT2D eigenvalue weighted by Crippen LogP contribution is -2.04. The van der Waals surface area contributed by atoms with Gasteiger partial charge in [0.05, 0.1) is 29.0 Å². The molecule has 94 valence electrons. The zero-order valence-corrected chi connectivity index (χ0v) is 10.3. The molecule has 0 amide bonds. The van der Waals surface area contributed by atoms with E-state index in [0.717, 1.165) is 6.07 Å². The molecule has 0 unspecified atom stereocenters. The van der Waals surface area contributed by atoms with E-state index in [2.05, 4.69) is 10.1 Å². The summed E-state index contributed by atoms with van der Waals surface area (Å²) >= 11 is 5.66. The summed E-state index contributed by atoms with van der Waals surface area (Å²) in [6.07, 6.45) is 6.07. The van der Waals surface area contributed by atoms with Crippen LogP contribution in [-0.4, -0.2) is 20.4 Å². The summed E-state index contributed by atoms with van der Waals surface area (Å²) in [6.45, 7) is 0. The van der Waals surface area contributed by atoms with E-state index in [0.29, 0.717) is 11.1 Å². The van der Waals surface area contributed by atoms with Crippen LogP contribution >= 0.6 is 11.6 Å². The highest BCUT2D eigenvalue weighted by Crippen LogP contribution is 2.20. The van der Waals surface area contributed by atoms with Gasteiger partial charge >= 0.3 is 0 Å². The monoisotopic (exact) mass is 275 g/mol. The number of benzene rings is 1. The molecule has 0 fully saturated rings. The van der Waals surface area contributed by atoms with E-state index >= 15 is 0 Å². The van der Waals surface area contributed by atoms with Gasteiger partial charge in [-0.2, -0.15) is 5.10 Å². The van der Waals surface area contributed by atoms with Crippen LogP contribution in [0, 0.1) is 5.82 Å². The van der Waals surface area contributed by atoms with Crippen molar-refractivity contribution >= 4 is 22.9 Å². The molecule has 0 spiro atoms. The van der Waals surface area contributed by atoms with E-state index in [4.69, 9.17) is 11.6 Å². The summed E-state index contributed by atoms with van der Waals surface area (Å²) in [7, 11) is 0. The van der Waals surface area contributed by atoms with Crippen molar-refractivity contribution in [3.63, 3.8) is 0 Å². The molecule has 2 aromatic heterocycles. The minimum Gasteiger partial charge on any atom is -0.288 e. The van der Waals surface area contributed by atoms with Crippen molar-refractivity contribution in [2.24, 2.45) is 0 Å². The molecule has 0 N–H and O–H groups in total. The van der Waals surface area contributed by atoms with Crippen LogP contribution in [0.5, 0.6) is 0 Å². The van der Waals surface area contributed by atoms with Crippen LogP contribution in [0.4, 0.5) is 4.39 Å². The molecular formula is C13H7ClFN3O. The van der Waals surface area contributed by atoms with Crippen molar-refractivity contribution in [3.8, 4) is 0 Å². The van der Waals surface area contributed by atoms with Gasteiger partial charge in [-0.1, -0.05) is 11.6 Å². The Kier molecular flexibility index (Phi) is 2.76. The Balaban J connectivity index is 2.13. The molecule has 0 aliphatic rings. The fourth-order valence-corrected chi connectivity index (χ4v) is 1.99. The van der Waals surface area contributed by atoms with Gasteiger partial charge in [-0.15, -0.1) is 0 Å². The average Bonchev–Trinajstić information content (AvgIpc) is 2.82. The van der Waals surface area contributed by atoms with Crippen molar-refractivity contribution in [2.75, 3.05) is 0 Å². The molecule has 0 saturated heterocycles. The fraction of sp³-hybridized carbons (Fsp3) is 0. The normalized spacial score (nSPS) is 10.8. The third-order valence-electron chi connectivity index (χ3n) is 2.75. The van der Waals surface area contributed by atoms with Gasteiger partial charge in [-0.3, -0.25) is 9.78 Å². The minimum atomic E-state index is -0.652. The standard InChI is InChI=1S/C13H7ClFN3O/c14-8-1-2-9(11(15)5-8)13(19)10-6-17-18-4-3-16-7-12(10)18/h1-7H. The molecule has 3 rings (SSSR count). The number of hydrogen-bond donors (Lipinski definition) is 0. The number of hydrogen-bond acceptors (Lipinski definition) is 3. The first-order chi connectivity index (χ1) is 9.16. The second-order valence-corrected chi connectivity index (χ2v) is 4.35. The van der Waals surface area contributed by atoms with Crippen molar-refractivity contribution in [1.82, 2.24) is 14.6 Å². The molecule has 0 bridgehead atoms. The summed E-state index contributed by atoms with van der Waals surface area (Å²) < 4.78 is 15.3. The SMILES string of the molecule is O=C(c1ccc(Cl)cc1F)c1cnn2ccncc12. The smallest absolute Gasteiger partial charge is 0.199 e. The Morgan fingerprint density at radius 1 is 1.26 bits per heavy atom. The quantitative estimate of drug-likeness (QED) is 0.676. The molecule has 0 radical (unpaired) electrons. The predicted octanol–water partition coefficient (Wildman–Crippen LogP) is 2.75. The van der Waals surface area contributed by atoms with Crippen LogP contribution in [0.3, 0.4) is 0 Å². The van der Waals surface area contributed by atoms with Crippen molar-refractivity contribution in [1.29, 1.82) is 0 Å². The minimum absolute atomic E-state index is 0.0387. The highest BCUT2D eigenvalue weighted by Gasteiger charge is 2.18. The Labute approximate surface area is 112 Å². The van der Waals surface area contributed by atoms with Crippen LogP contribution < -0.4 is 0 Å². The summed E-state index contributed by atoms with van der Waals surface area (Å²) in [5.74, 6) is -1.10. The largest absolute Gasteiger partial charge is 0.288 e. The molecule has 0 saturated carbocycles. The Morgan fingerprint density at radius 2 is 2.11 bits per heavy atom. The van der Waals surface area contributed by atoms with E-state index in [1.807, 2.05) is 0 Å². The van der Waals surface area contributed by atoms with Crippen LogP contribution in [0.15, 0.2) is 43.0 Å². The molecule has 19 heavy (non-hydrogen) atoms. The maximum atomic E-state index is 13.7. The first-order valence-electron chi connectivity index (χ1n) is 5.44. The summed E-state index contributed by atoms with van der Waals surface area (Å²) in [5.41, 5.74) is 0.791. The van der Waals surface area contributed by atoms with Crippen LogP contribution in [-0.2, 0) is 0 Å². The molecule has 6 heteroatoms. The van der Waals surface area contributed by atoms with Gasteiger partial charge in [0, 0.05) is 17.4 Å². The summed E-state index contributed by atoms with van der Waals surface area (Å²) in [4.78, 5) is 16.2. The van der Waals surface area contributed by atoms with Gasteiger partial charge in [0.1, 0.15) is 5.82 Å². The van der Waals surface area contributed by atoms with E-state index in [9.17, 15) is 9.18 Å². The van der Waals surface area contributed by atoms with Crippen molar-refractivity contribution in [2.45, 2.75) is 0 Å². The lowest BCUT2D eigenvalue weighted by atomic mass is 10.0. The summed E-state index contributed by atoms with van der Waals surface area (Å²) in [5, 5.41) is 4.27. The van der Waals surface area contributed by atoms with Gasteiger partial charge < -0.3 is 0 Å². The Hall–Kier alpha value is -2.27. The van der Waals surface area contributed by atoms with E-state index in [1.54, 1.807) is 12.4 Å². The third kappa shape index (κ3) is 1.98. The van der Waals surface area contributed by atoms with E-state index < -0.39 is 11.6 Å². The van der Waals surface area contributed by atoms with Crippen LogP contribution in [0.1, 0.15) is 15.9 Å². The number of fused-ring (bicyclic) bond motifs is 1. The van der Waals surface area contributed by atoms with Gasteiger partial charge in [-0.05, 0) is 18.2 Å². The molecule has 3 aromatic rings. The predicted molar refractivity (Wildman–Crippen MR) is 67.8 cm³/mol. The highest BCUT2D eigenvalue weighted by molar-refractivity contribution is 6.30. The number of ketones is 1. The number of nitrogens with zero attached hydrogens (tertiary/aromatic N) is 3. The zero-order chi connectivity index (χ0) is 13.4. The fourth-order valence-electron chi connectivity index (χ4n) is 1.83. The Bertz CT molecular complexity index is 784. The molecule has 0 aliphatic heterocycles.